The topological polar surface area (TPSA) is 105 Å². The normalized spacial score (nSPS) is 12.1. The SMILES string of the molecule is NC(=O)CCC/C=C(\c1ccc(C(F)(F)F)cc1)c1ccc(OCCCO)c(=O)[nH]1. The molecule has 1 aromatic carbocycles. The standard InChI is InChI=1S/C21H23F3N2O4/c22-21(23,24)15-8-6-14(7-9-15)16(4-1-2-5-19(25)28)17-10-11-18(20(29)26-17)30-13-3-12-27/h4,6-11,27H,1-3,5,12-13H2,(H2,25,28)(H,26,29)/b16-4+. The van der Waals surface area contributed by atoms with Gasteiger partial charge in [-0.25, -0.2) is 0 Å². The molecule has 2 aromatic rings. The Morgan fingerprint density at radius 1 is 1.13 bits per heavy atom. The first-order valence-corrected chi connectivity index (χ1v) is 9.36. The van der Waals surface area contributed by atoms with E-state index in [9.17, 15) is 22.8 Å². The molecular weight excluding hydrogens is 401 g/mol. The number of allylic oxidation sites excluding steroid dienone is 1. The van der Waals surface area contributed by atoms with Gasteiger partial charge >= 0.3 is 6.18 Å². The number of nitrogens with one attached hydrogen (secondary N) is 1. The second-order valence-corrected chi connectivity index (χ2v) is 6.54. The van der Waals surface area contributed by atoms with Crippen molar-refractivity contribution in [2.75, 3.05) is 13.2 Å². The van der Waals surface area contributed by atoms with Crippen molar-refractivity contribution in [1.29, 1.82) is 0 Å². The molecule has 0 unspecified atom stereocenters. The molecule has 0 atom stereocenters. The predicted octanol–water partition coefficient (Wildman–Crippen LogP) is 3.24. The van der Waals surface area contributed by atoms with E-state index in [1.807, 2.05) is 0 Å². The predicted molar refractivity (Wildman–Crippen MR) is 106 cm³/mol. The largest absolute Gasteiger partial charge is 0.488 e. The van der Waals surface area contributed by atoms with Crippen LogP contribution in [0, 0.1) is 0 Å². The number of nitrogens with two attached hydrogens (primary N) is 1. The average Bonchev–Trinajstić information content (AvgIpc) is 2.69. The van der Waals surface area contributed by atoms with E-state index in [1.54, 1.807) is 12.1 Å². The maximum atomic E-state index is 12.9. The number of unbranched alkanes of at least 4 members (excludes halogenated alkanes) is 1. The maximum absolute atomic E-state index is 12.9. The summed E-state index contributed by atoms with van der Waals surface area (Å²) in [4.78, 5) is 25.9. The Morgan fingerprint density at radius 3 is 2.40 bits per heavy atom. The number of halogens is 3. The lowest BCUT2D eigenvalue weighted by atomic mass is 9.98. The second-order valence-electron chi connectivity index (χ2n) is 6.54. The van der Waals surface area contributed by atoms with E-state index < -0.39 is 23.2 Å². The Morgan fingerprint density at radius 2 is 1.83 bits per heavy atom. The first-order valence-electron chi connectivity index (χ1n) is 9.36. The highest BCUT2D eigenvalue weighted by Crippen LogP contribution is 2.31. The molecule has 2 rings (SSSR count). The number of primary amides is 1. The second kappa shape index (κ2) is 10.6. The zero-order chi connectivity index (χ0) is 22.1. The summed E-state index contributed by atoms with van der Waals surface area (Å²) < 4.78 is 43.9. The number of amides is 1. The lowest BCUT2D eigenvalue weighted by Gasteiger charge is -2.12. The molecule has 1 heterocycles. The number of H-pyrrole nitrogens is 1. The number of benzene rings is 1. The summed E-state index contributed by atoms with van der Waals surface area (Å²) in [5, 5.41) is 8.79. The van der Waals surface area contributed by atoms with Crippen molar-refractivity contribution in [3.8, 4) is 5.75 Å². The van der Waals surface area contributed by atoms with Crippen molar-refractivity contribution in [1.82, 2.24) is 4.98 Å². The number of carbonyl (C=O) groups excluding carboxylic acids is 1. The van der Waals surface area contributed by atoms with Crippen molar-refractivity contribution in [2.45, 2.75) is 31.9 Å². The van der Waals surface area contributed by atoms with Crippen LogP contribution >= 0.6 is 0 Å². The number of hydrogen-bond acceptors (Lipinski definition) is 4. The van der Waals surface area contributed by atoms with Crippen LogP contribution in [0.15, 0.2) is 47.3 Å². The quantitative estimate of drug-likeness (QED) is 0.509. The molecule has 4 N–H and O–H groups in total. The molecule has 9 heteroatoms. The molecule has 0 saturated heterocycles. The molecule has 1 amide bonds. The number of pyridine rings is 1. The Bertz CT molecular complexity index is 935. The molecule has 0 aliphatic carbocycles. The lowest BCUT2D eigenvalue weighted by Crippen LogP contribution is -2.14. The van der Waals surface area contributed by atoms with E-state index in [1.165, 1.54) is 18.2 Å². The molecule has 0 fully saturated rings. The van der Waals surface area contributed by atoms with Crippen LogP contribution in [0.2, 0.25) is 0 Å². The van der Waals surface area contributed by atoms with Crippen molar-refractivity contribution in [3.05, 3.63) is 69.6 Å². The number of aromatic nitrogens is 1. The molecule has 1 aromatic heterocycles. The van der Waals surface area contributed by atoms with Gasteiger partial charge in [-0.1, -0.05) is 18.2 Å². The van der Waals surface area contributed by atoms with Gasteiger partial charge in [0.1, 0.15) is 0 Å². The maximum Gasteiger partial charge on any atom is 0.416 e. The minimum atomic E-state index is -4.45. The number of aliphatic hydroxyl groups excluding tert-OH is 1. The number of ether oxygens (including phenoxy) is 1. The Kier molecular flexibility index (Phi) is 8.23. The molecular formula is C21H23F3N2O4. The zero-order valence-corrected chi connectivity index (χ0v) is 16.2. The van der Waals surface area contributed by atoms with Gasteiger partial charge in [-0.15, -0.1) is 0 Å². The summed E-state index contributed by atoms with van der Waals surface area (Å²) in [5.74, 6) is -0.370. The van der Waals surface area contributed by atoms with Crippen LogP contribution in [0.4, 0.5) is 13.2 Å². The molecule has 162 valence electrons. The van der Waals surface area contributed by atoms with Crippen molar-refractivity contribution < 1.29 is 27.8 Å². The number of aliphatic hydroxyl groups is 1. The van der Waals surface area contributed by atoms with Gasteiger partial charge in [-0.2, -0.15) is 13.2 Å². The van der Waals surface area contributed by atoms with Crippen LogP contribution in [0.3, 0.4) is 0 Å². The van der Waals surface area contributed by atoms with Crippen LogP contribution in [0.25, 0.3) is 5.57 Å². The van der Waals surface area contributed by atoms with Crippen LogP contribution < -0.4 is 16.0 Å². The fourth-order valence-corrected chi connectivity index (χ4v) is 2.72. The highest BCUT2D eigenvalue weighted by molar-refractivity contribution is 5.78. The van der Waals surface area contributed by atoms with E-state index in [2.05, 4.69) is 4.98 Å². The molecule has 6 nitrogen and oxygen atoms in total. The Balaban J connectivity index is 2.34. The number of alkyl halides is 3. The van der Waals surface area contributed by atoms with Crippen molar-refractivity contribution in [3.63, 3.8) is 0 Å². The number of carbonyl (C=O) groups is 1. The number of aromatic amines is 1. The molecule has 0 bridgehead atoms. The molecule has 0 radical (unpaired) electrons. The van der Waals surface area contributed by atoms with Crippen LogP contribution in [-0.4, -0.2) is 29.2 Å². The highest BCUT2D eigenvalue weighted by atomic mass is 19.4. The molecule has 0 aliphatic rings. The van der Waals surface area contributed by atoms with E-state index in [-0.39, 0.29) is 25.4 Å². The van der Waals surface area contributed by atoms with Crippen LogP contribution in [0.5, 0.6) is 5.75 Å². The van der Waals surface area contributed by atoms with Crippen LogP contribution in [-0.2, 0) is 11.0 Å². The Hall–Kier alpha value is -3.07. The molecule has 0 spiro atoms. The summed E-state index contributed by atoms with van der Waals surface area (Å²) >= 11 is 0. The third-order valence-corrected chi connectivity index (χ3v) is 4.22. The fraction of sp³-hybridized carbons (Fsp3) is 0.333. The van der Waals surface area contributed by atoms with Gasteiger partial charge in [0.15, 0.2) is 5.75 Å². The summed E-state index contributed by atoms with van der Waals surface area (Å²) in [7, 11) is 0. The van der Waals surface area contributed by atoms with E-state index in [0.29, 0.717) is 36.1 Å². The van der Waals surface area contributed by atoms with Gasteiger partial charge in [-0.3, -0.25) is 9.59 Å². The first kappa shape index (κ1) is 23.2. The van der Waals surface area contributed by atoms with E-state index in [0.717, 1.165) is 12.1 Å². The van der Waals surface area contributed by atoms with Gasteiger partial charge in [-0.05, 0) is 42.7 Å². The minimum Gasteiger partial charge on any atom is -0.488 e. The average molecular weight is 424 g/mol. The summed E-state index contributed by atoms with van der Waals surface area (Å²) in [6.45, 7) is 0.107. The van der Waals surface area contributed by atoms with Gasteiger partial charge in [0, 0.05) is 30.7 Å². The first-order chi connectivity index (χ1) is 14.2. The summed E-state index contributed by atoms with van der Waals surface area (Å²) in [6.07, 6.45) is -1.26. The lowest BCUT2D eigenvalue weighted by molar-refractivity contribution is -0.137. The van der Waals surface area contributed by atoms with Gasteiger partial charge in [0.05, 0.1) is 12.2 Å². The van der Waals surface area contributed by atoms with Gasteiger partial charge in [0.2, 0.25) is 5.91 Å². The fourth-order valence-electron chi connectivity index (χ4n) is 2.72. The highest BCUT2D eigenvalue weighted by Gasteiger charge is 2.30. The van der Waals surface area contributed by atoms with Crippen LogP contribution in [0.1, 0.15) is 42.5 Å². The molecule has 30 heavy (non-hydrogen) atoms. The number of hydrogen-bond donors (Lipinski definition) is 3. The zero-order valence-electron chi connectivity index (χ0n) is 16.2. The van der Waals surface area contributed by atoms with Crippen molar-refractivity contribution >= 4 is 11.5 Å². The summed E-state index contributed by atoms with van der Waals surface area (Å²) in [6, 6.07) is 7.65. The molecule has 0 aliphatic heterocycles. The third kappa shape index (κ3) is 6.77. The van der Waals surface area contributed by atoms with E-state index in [4.69, 9.17) is 15.6 Å². The molecule has 0 saturated carbocycles. The van der Waals surface area contributed by atoms with Gasteiger partial charge in [0.25, 0.3) is 5.56 Å². The monoisotopic (exact) mass is 424 g/mol. The minimum absolute atomic E-state index is 0.0674. The van der Waals surface area contributed by atoms with Gasteiger partial charge < -0.3 is 20.6 Å². The summed E-state index contributed by atoms with van der Waals surface area (Å²) in [5.41, 5.74) is 5.25. The Labute approximate surface area is 171 Å². The van der Waals surface area contributed by atoms with E-state index >= 15 is 0 Å². The smallest absolute Gasteiger partial charge is 0.416 e. The number of rotatable bonds is 10. The van der Waals surface area contributed by atoms with Crippen molar-refractivity contribution in [2.24, 2.45) is 5.73 Å². The third-order valence-electron chi connectivity index (χ3n) is 4.22.